The summed E-state index contributed by atoms with van der Waals surface area (Å²) in [6.45, 7) is 1.83. The van der Waals surface area contributed by atoms with Crippen LogP contribution in [-0.4, -0.2) is 22.6 Å². The highest BCUT2D eigenvalue weighted by Crippen LogP contribution is 2.22. The fourth-order valence-electron chi connectivity index (χ4n) is 2.34. The number of fused-ring (bicyclic) bond motifs is 1. The number of aromatic nitrogens is 2. The van der Waals surface area contributed by atoms with E-state index < -0.39 is 0 Å². The molecule has 4 heteroatoms. The number of carbonyl (C=O) groups excluding carboxylic acids is 1. The van der Waals surface area contributed by atoms with Gasteiger partial charge in [-0.3, -0.25) is 9.36 Å². The molecule has 0 fully saturated rings. The van der Waals surface area contributed by atoms with E-state index in [2.05, 4.69) is 4.98 Å². The molecule has 0 aliphatic carbocycles. The molecule has 0 bridgehead atoms. The fraction of sp³-hybridized carbons (Fsp3) is 0.125. The third kappa shape index (κ3) is 1.86. The zero-order chi connectivity index (χ0) is 14.1. The molecular formula is C16H14N2O2. The van der Waals surface area contributed by atoms with Crippen LogP contribution in [0.1, 0.15) is 16.2 Å². The van der Waals surface area contributed by atoms with Gasteiger partial charge < -0.3 is 4.74 Å². The maximum absolute atomic E-state index is 12.8. The van der Waals surface area contributed by atoms with Gasteiger partial charge in [0.05, 0.1) is 23.7 Å². The van der Waals surface area contributed by atoms with Gasteiger partial charge in [-0.2, -0.15) is 0 Å². The molecule has 3 aromatic rings. The van der Waals surface area contributed by atoms with Gasteiger partial charge in [0.2, 0.25) is 0 Å². The fourth-order valence-corrected chi connectivity index (χ4v) is 2.34. The van der Waals surface area contributed by atoms with E-state index in [1.807, 2.05) is 43.3 Å². The lowest BCUT2D eigenvalue weighted by atomic mass is 10.2. The summed E-state index contributed by atoms with van der Waals surface area (Å²) in [5.74, 6) is 1.10. The van der Waals surface area contributed by atoms with Gasteiger partial charge in [-0.05, 0) is 31.2 Å². The van der Waals surface area contributed by atoms with E-state index in [1.54, 1.807) is 23.8 Å². The number of ether oxygens (including phenoxy) is 1. The number of benzene rings is 2. The van der Waals surface area contributed by atoms with Crippen molar-refractivity contribution in [3.05, 3.63) is 59.9 Å². The Labute approximate surface area is 116 Å². The van der Waals surface area contributed by atoms with Crippen molar-refractivity contribution in [1.29, 1.82) is 0 Å². The van der Waals surface area contributed by atoms with Crippen LogP contribution >= 0.6 is 0 Å². The monoisotopic (exact) mass is 266 g/mol. The first-order chi connectivity index (χ1) is 9.72. The molecule has 0 spiro atoms. The van der Waals surface area contributed by atoms with Gasteiger partial charge in [0.1, 0.15) is 11.6 Å². The van der Waals surface area contributed by atoms with Gasteiger partial charge in [-0.15, -0.1) is 0 Å². The Morgan fingerprint density at radius 2 is 1.80 bits per heavy atom. The van der Waals surface area contributed by atoms with Gasteiger partial charge in [-0.1, -0.05) is 24.3 Å². The number of hydrogen-bond donors (Lipinski definition) is 0. The van der Waals surface area contributed by atoms with Crippen LogP contribution in [0.4, 0.5) is 0 Å². The maximum Gasteiger partial charge on any atom is 0.267 e. The third-order valence-corrected chi connectivity index (χ3v) is 3.27. The molecule has 100 valence electrons. The van der Waals surface area contributed by atoms with E-state index in [0.717, 1.165) is 11.0 Å². The van der Waals surface area contributed by atoms with Crippen molar-refractivity contribution in [2.75, 3.05) is 7.11 Å². The van der Waals surface area contributed by atoms with Crippen LogP contribution in [0.25, 0.3) is 11.0 Å². The maximum atomic E-state index is 12.8. The Bertz CT molecular complexity index is 790. The second kappa shape index (κ2) is 4.81. The molecule has 20 heavy (non-hydrogen) atoms. The molecule has 0 unspecified atom stereocenters. The van der Waals surface area contributed by atoms with Crippen LogP contribution in [0.2, 0.25) is 0 Å². The Kier molecular flexibility index (Phi) is 2.99. The molecule has 1 aromatic heterocycles. The number of para-hydroxylation sites is 3. The van der Waals surface area contributed by atoms with Gasteiger partial charge in [0.25, 0.3) is 5.91 Å². The molecule has 2 aromatic carbocycles. The molecule has 0 radical (unpaired) electrons. The largest absolute Gasteiger partial charge is 0.496 e. The van der Waals surface area contributed by atoms with Crippen LogP contribution in [-0.2, 0) is 0 Å². The summed E-state index contributed by atoms with van der Waals surface area (Å²) >= 11 is 0. The molecule has 0 N–H and O–H groups in total. The number of methoxy groups -OCH3 is 1. The zero-order valence-corrected chi connectivity index (χ0v) is 11.3. The molecular weight excluding hydrogens is 252 g/mol. The molecule has 0 saturated carbocycles. The summed E-state index contributed by atoms with van der Waals surface area (Å²) in [5.41, 5.74) is 2.15. The van der Waals surface area contributed by atoms with Gasteiger partial charge in [0, 0.05) is 0 Å². The molecule has 0 aliphatic rings. The topological polar surface area (TPSA) is 44.1 Å². The average molecular weight is 266 g/mol. The van der Waals surface area contributed by atoms with E-state index in [1.165, 1.54) is 0 Å². The van der Waals surface area contributed by atoms with Gasteiger partial charge in [-0.25, -0.2) is 4.98 Å². The number of imidazole rings is 1. The van der Waals surface area contributed by atoms with Crippen molar-refractivity contribution < 1.29 is 9.53 Å². The standard InChI is InChI=1S/C16H14N2O2/c1-11-17-13-8-4-5-9-14(13)18(11)16(19)12-7-3-6-10-15(12)20-2/h3-10H,1-2H3. The first kappa shape index (κ1) is 12.4. The van der Waals surface area contributed by atoms with E-state index in [0.29, 0.717) is 17.1 Å². The van der Waals surface area contributed by atoms with Crippen molar-refractivity contribution in [2.24, 2.45) is 0 Å². The van der Waals surface area contributed by atoms with Crippen molar-refractivity contribution >= 4 is 16.9 Å². The van der Waals surface area contributed by atoms with Gasteiger partial charge >= 0.3 is 0 Å². The molecule has 4 nitrogen and oxygen atoms in total. The lowest BCUT2D eigenvalue weighted by Crippen LogP contribution is -2.14. The van der Waals surface area contributed by atoms with Crippen LogP contribution in [0.5, 0.6) is 5.75 Å². The lowest BCUT2D eigenvalue weighted by molar-refractivity contribution is 0.0959. The Hall–Kier alpha value is -2.62. The second-order valence-electron chi connectivity index (χ2n) is 4.49. The van der Waals surface area contributed by atoms with Crippen LogP contribution < -0.4 is 4.74 Å². The SMILES string of the molecule is COc1ccccc1C(=O)n1c(C)nc2ccccc21. The van der Waals surface area contributed by atoms with E-state index >= 15 is 0 Å². The molecule has 0 amide bonds. The Balaban J connectivity index is 2.20. The highest BCUT2D eigenvalue weighted by molar-refractivity contribution is 6.03. The summed E-state index contributed by atoms with van der Waals surface area (Å²) in [6.07, 6.45) is 0. The normalized spacial score (nSPS) is 10.7. The average Bonchev–Trinajstić information content (AvgIpc) is 2.82. The van der Waals surface area contributed by atoms with Gasteiger partial charge in [0.15, 0.2) is 0 Å². The first-order valence-electron chi connectivity index (χ1n) is 6.34. The van der Waals surface area contributed by atoms with Crippen molar-refractivity contribution in [3.8, 4) is 5.75 Å². The number of hydrogen-bond acceptors (Lipinski definition) is 3. The predicted octanol–water partition coefficient (Wildman–Crippen LogP) is 3.04. The Morgan fingerprint density at radius 3 is 2.60 bits per heavy atom. The quantitative estimate of drug-likeness (QED) is 0.716. The number of rotatable bonds is 2. The summed E-state index contributed by atoms with van der Waals surface area (Å²) in [4.78, 5) is 17.2. The third-order valence-electron chi connectivity index (χ3n) is 3.27. The van der Waals surface area contributed by atoms with E-state index in [-0.39, 0.29) is 5.91 Å². The van der Waals surface area contributed by atoms with Crippen molar-refractivity contribution in [3.63, 3.8) is 0 Å². The molecule has 0 saturated heterocycles. The first-order valence-corrected chi connectivity index (χ1v) is 6.34. The highest BCUT2D eigenvalue weighted by atomic mass is 16.5. The van der Waals surface area contributed by atoms with Crippen LogP contribution in [0, 0.1) is 6.92 Å². The van der Waals surface area contributed by atoms with Crippen molar-refractivity contribution in [1.82, 2.24) is 9.55 Å². The predicted molar refractivity (Wildman–Crippen MR) is 77.2 cm³/mol. The minimum atomic E-state index is -0.131. The number of carbonyl (C=O) groups is 1. The second-order valence-corrected chi connectivity index (χ2v) is 4.49. The minimum Gasteiger partial charge on any atom is -0.496 e. The summed E-state index contributed by atoms with van der Waals surface area (Å²) in [6, 6.07) is 14.8. The summed E-state index contributed by atoms with van der Waals surface area (Å²) < 4.78 is 6.88. The zero-order valence-electron chi connectivity index (χ0n) is 11.3. The molecule has 0 aliphatic heterocycles. The molecule has 3 rings (SSSR count). The number of nitrogens with zero attached hydrogens (tertiary/aromatic N) is 2. The highest BCUT2D eigenvalue weighted by Gasteiger charge is 2.18. The Morgan fingerprint density at radius 1 is 1.10 bits per heavy atom. The molecule has 0 atom stereocenters. The smallest absolute Gasteiger partial charge is 0.267 e. The van der Waals surface area contributed by atoms with Crippen LogP contribution in [0.3, 0.4) is 0 Å². The summed E-state index contributed by atoms with van der Waals surface area (Å²) in [7, 11) is 1.56. The van der Waals surface area contributed by atoms with Crippen molar-refractivity contribution in [2.45, 2.75) is 6.92 Å². The summed E-state index contributed by atoms with van der Waals surface area (Å²) in [5, 5.41) is 0. The van der Waals surface area contributed by atoms with E-state index in [9.17, 15) is 4.79 Å². The van der Waals surface area contributed by atoms with Crippen LogP contribution in [0.15, 0.2) is 48.5 Å². The van der Waals surface area contributed by atoms with E-state index in [4.69, 9.17) is 4.74 Å². The lowest BCUT2D eigenvalue weighted by Gasteiger charge is -2.09. The minimum absolute atomic E-state index is 0.131. The molecule has 1 heterocycles. The number of aryl methyl sites for hydroxylation is 1.